The van der Waals surface area contributed by atoms with Gasteiger partial charge in [0.05, 0.1) is 18.0 Å². The smallest absolute Gasteiger partial charge is 0.407 e. The van der Waals surface area contributed by atoms with Gasteiger partial charge < -0.3 is 29.9 Å². The molecule has 0 saturated carbocycles. The molecule has 3 N–H and O–H groups in total. The van der Waals surface area contributed by atoms with Crippen molar-refractivity contribution in [2.45, 2.75) is 25.8 Å². The first-order valence-corrected chi connectivity index (χ1v) is 12.9. The Hall–Kier alpha value is -4.46. The van der Waals surface area contributed by atoms with Gasteiger partial charge in [-0.1, -0.05) is 18.2 Å². The Balaban J connectivity index is 1.46. The highest BCUT2D eigenvalue weighted by molar-refractivity contribution is 6.08. The highest BCUT2D eigenvalue weighted by Gasteiger charge is 2.25. The van der Waals surface area contributed by atoms with E-state index < -0.39 is 6.09 Å². The van der Waals surface area contributed by atoms with Crippen LogP contribution in [0.5, 0.6) is 5.75 Å². The SMILES string of the molecule is C[C@H]1CCN(C(=O)c2ccc(-c3ccc4[nH]ccc4c3)c(OCCCN(C)C(=O)O)c2)c2ccccc2N1. The normalized spacial score (nSPS) is 14.9. The fourth-order valence-corrected chi connectivity index (χ4v) is 4.79. The number of hydrogen-bond donors (Lipinski definition) is 3. The molecule has 196 valence electrons. The van der Waals surface area contributed by atoms with E-state index in [1.165, 1.54) is 11.9 Å². The molecule has 0 fully saturated rings. The number of amides is 2. The Bertz CT molecular complexity index is 1460. The topological polar surface area (TPSA) is 97.9 Å². The average molecular weight is 513 g/mol. The van der Waals surface area contributed by atoms with E-state index in [0.717, 1.165) is 39.8 Å². The number of rotatable bonds is 7. The number of nitrogens with one attached hydrogen (secondary N) is 2. The molecule has 0 radical (unpaired) electrons. The summed E-state index contributed by atoms with van der Waals surface area (Å²) in [5.41, 5.74) is 5.25. The number of anilines is 2. The average Bonchev–Trinajstić information content (AvgIpc) is 3.32. The fraction of sp³-hybridized carbons (Fsp3) is 0.267. The van der Waals surface area contributed by atoms with Crippen molar-refractivity contribution in [2.24, 2.45) is 0 Å². The first-order valence-electron chi connectivity index (χ1n) is 12.9. The number of benzene rings is 3. The predicted molar refractivity (Wildman–Crippen MR) is 150 cm³/mol. The maximum atomic E-state index is 13.8. The highest BCUT2D eigenvalue weighted by atomic mass is 16.5. The van der Waals surface area contributed by atoms with Crippen molar-refractivity contribution in [3.8, 4) is 16.9 Å². The van der Waals surface area contributed by atoms with Gasteiger partial charge in [0.25, 0.3) is 5.91 Å². The van der Waals surface area contributed by atoms with E-state index in [0.29, 0.717) is 37.4 Å². The van der Waals surface area contributed by atoms with Crippen LogP contribution in [-0.2, 0) is 0 Å². The number of ether oxygens (including phenoxy) is 1. The minimum atomic E-state index is -0.973. The molecule has 2 heterocycles. The molecule has 0 aliphatic carbocycles. The van der Waals surface area contributed by atoms with Crippen molar-refractivity contribution in [3.05, 3.63) is 78.5 Å². The zero-order valence-corrected chi connectivity index (χ0v) is 21.6. The molecular formula is C30H32N4O4. The molecule has 4 aromatic rings. The molecule has 1 aliphatic heterocycles. The number of aromatic nitrogens is 1. The molecular weight excluding hydrogens is 480 g/mol. The number of carbonyl (C=O) groups is 2. The summed E-state index contributed by atoms with van der Waals surface area (Å²) < 4.78 is 6.19. The second kappa shape index (κ2) is 10.9. The van der Waals surface area contributed by atoms with E-state index in [1.807, 2.05) is 71.8 Å². The fourth-order valence-electron chi connectivity index (χ4n) is 4.79. The van der Waals surface area contributed by atoms with Gasteiger partial charge in [0, 0.05) is 49.0 Å². The second-order valence-corrected chi connectivity index (χ2v) is 9.70. The molecule has 1 atom stereocenters. The van der Waals surface area contributed by atoms with E-state index in [9.17, 15) is 9.59 Å². The van der Waals surface area contributed by atoms with E-state index in [1.54, 1.807) is 0 Å². The first-order chi connectivity index (χ1) is 18.4. The summed E-state index contributed by atoms with van der Waals surface area (Å²) in [7, 11) is 1.54. The van der Waals surface area contributed by atoms with Gasteiger partial charge in [0.15, 0.2) is 0 Å². The Morgan fingerprint density at radius 1 is 1.11 bits per heavy atom. The van der Waals surface area contributed by atoms with Gasteiger partial charge >= 0.3 is 6.09 Å². The summed E-state index contributed by atoms with van der Waals surface area (Å²) >= 11 is 0. The van der Waals surface area contributed by atoms with Gasteiger partial charge in [0.1, 0.15) is 5.75 Å². The van der Waals surface area contributed by atoms with Gasteiger partial charge in [-0.3, -0.25) is 4.79 Å². The first kappa shape index (κ1) is 25.2. The molecule has 3 aromatic carbocycles. The van der Waals surface area contributed by atoms with Gasteiger partial charge in [-0.15, -0.1) is 0 Å². The molecule has 0 bridgehead atoms. The lowest BCUT2D eigenvalue weighted by Crippen LogP contribution is -2.32. The van der Waals surface area contributed by atoms with Crippen LogP contribution in [0.15, 0.2) is 72.9 Å². The molecule has 1 aromatic heterocycles. The minimum Gasteiger partial charge on any atom is -0.493 e. The van der Waals surface area contributed by atoms with Crippen LogP contribution in [0.1, 0.15) is 30.1 Å². The monoisotopic (exact) mass is 512 g/mol. The molecule has 5 rings (SSSR count). The van der Waals surface area contributed by atoms with Crippen LogP contribution in [0, 0.1) is 0 Å². The Kier molecular flexibility index (Phi) is 7.22. The molecule has 0 unspecified atom stereocenters. The van der Waals surface area contributed by atoms with E-state index in [-0.39, 0.29) is 11.9 Å². The van der Waals surface area contributed by atoms with Crippen LogP contribution in [0.3, 0.4) is 0 Å². The number of carboxylic acid groups (broad SMARTS) is 1. The largest absolute Gasteiger partial charge is 0.493 e. The van der Waals surface area contributed by atoms with Crippen molar-refractivity contribution in [1.29, 1.82) is 0 Å². The molecule has 38 heavy (non-hydrogen) atoms. The number of nitrogens with zero attached hydrogens (tertiary/aromatic N) is 2. The van der Waals surface area contributed by atoms with Crippen LogP contribution in [0.2, 0.25) is 0 Å². The predicted octanol–water partition coefficient (Wildman–Crippen LogP) is 6.06. The lowest BCUT2D eigenvalue weighted by Gasteiger charge is -2.23. The minimum absolute atomic E-state index is 0.0866. The summed E-state index contributed by atoms with van der Waals surface area (Å²) in [4.78, 5) is 31.2. The summed E-state index contributed by atoms with van der Waals surface area (Å²) in [6, 6.07) is 21.9. The molecule has 8 nitrogen and oxygen atoms in total. The van der Waals surface area contributed by atoms with Crippen molar-refractivity contribution < 1.29 is 19.4 Å². The van der Waals surface area contributed by atoms with E-state index in [2.05, 4.69) is 23.3 Å². The lowest BCUT2D eigenvalue weighted by molar-refractivity contribution is 0.0986. The molecule has 0 saturated heterocycles. The van der Waals surface area contributed by atoms with Crippen molar-refractivity contribution in [2.75, 3.05) is 37.0 Å². The summed E-state index contributed by atoms with van der Waals surface area (Å²) in [6.07, 6.45) is 2.29. The van der Waals surface area contributed by atoms with Crippen LogP contribution in [0.4, 0.5) is 16.2 Å². The van der Waals surface area contributed by atoms with Crippen LogP contribution < -0.4 is 15.0 Å². The van der Waals surface area contributed by atoms with Gasteiger partial charge in [-0.2, -0.15) is 0 Å². The standard InChI is InChI=1S/C30H32N4O4/c1-20-13-16-34(27-7-4-3-6-26(27)32-20)29(35)23-8-10-24(21-9-11-25-22(18-21)12-14-31-25)28(19-23)38-17-5-15-33(2)30(36)37/h3-4,6-12,14,18-20,31-32H,5,13,15-17H2,1-2H3,(H,36,37)/t20-/m0/s1. The van der Waals surface area contributed by atoms with Crippen molar-refractivity contribution >= 4 is 34.3 Å². The Morgan fingerprint density at radius 3 is 2.79 bits per heavy atom. The number of H-pyrrole nitrogens is 1. The maximum absolute atomic E-state index is 13.8. The number of hydrogen-bond acceptors (Lipinski definition) is 4. The van der Waals surface area contributed by atoms with E-state index in [4.69, 9.17) is 9.84 Å². The third-order valence-electron chi connectivity index (χ3n) is 6.94. The zero-order chi connectivity index (χ0) is 26.6. The Labute approximate surface area is 221 Å². The van der Waals surface area contributed by atoms with Crippen LogP contribution >= 0.6 is 0 Å². The second-order valence-electron chi connectivity index (χ2n) is 9.70. The maximum Gasteiger partial charge on any atom is 0.407 e. The van der Waals surface area contributed by atoms with Crippen molar-refractivity contribution in [1.82, 2.24) is 9.88 Å². The number of fused-ring (bicyclic) bond motifs is 2. The summed E-state index contributed by atoms with van der Waals surface area (Å²) in [5, 5.41) is 13.7. The number of aromatic amines is 1. The molecule has 8 heteroatoms. The molecule has 1 aliphatic rings. The number of carbonyl (C=O) groups excluding carboxylic acids is 1. The lowest BCUT2D eigenvalue weighted by atomic mass is 10.0. The molecule has 2 amide bonds. The van der Waals surface area contributed by atoms with Crippen LogP contribution in [0.25, 0.3) is 22.0 Å². The number of para-hydroxylation sites is 2. The van der Waals surface area contributed by atoms with Gasteiger partial charge in [0.2, 0.25) is 0 Å². The summed E-state index contributed by atoms with van der Waals surface area (Å²) in [5.74, 6) is 0.509. The van der Waals surface area contributed by atoms with E-state index >= 15 is 0 Å². The Morgan fingerprint density at radius 2 is 1.95 bits per heavy atom. The zero-order valence-electron chi connectivity index (χ0n) is 21.6. The quantitative estimate of drug-likeness (QED) is 0.261. The van der Waals surface area contributed by atoms with Crippen LogP contribution in [-0.4, -0.2) is 59.8 Å². The van der Waals surface area contributed by atoms with Gasteiger partial charge in [-0.25, -0.2) is 4.79 Å². The molecule has 0 spiro atoms. The van der Waals surface area contributed by atoms with Gasteiger partial charge in [-0.05, 0) is 79.2 Å². The highest BCUT2D eigenvalue weighted by Crippen LogP contribution is 2.35. The third kappa shape index (κ3) is 5.29. The third-order valence-corrected chi connectivity index (χ3v) is 6.94. The van der Waals surface area contributed by atoms with Crippen molar-refractivity contribution in [3.63, 3.8) is 0 Å². The summed E-state index contributed by atoms with van der Waals surface area (Å²) in [6.45, 7) is 3.40.